The third kappa shape index (κ3) is 3.60. The van der Waals surface area contributed by atoms with Gasteiger partial charge in [0.15, 0.2) is 0 Å². The van der Waals surface area contributed by atoms with E-state index in [4.69, 9.17) is 4.74 Å². The Kier molecular flexibility index (Phi) is 4.68. The number of carbonyl (C=O) groups excluding carboxylic acids is 1. The normalized spacial score (nSPS) is 19.5. The summed E-state index contributed by atoms with van der Waals surface area (Å²) in [5, 5.41) is 7.69. The SMILES string of the molecule is Cc1cc(C)n(-c2ccccc2NC(=O)N(C[C@H]2CCOC2)C2CC2)n1. The molecule has 6 heteroatoms. The Morgan fingerprint density at radius 3 is 2.77 bits per heavy atom. The minimum atomic E-state index is -0.0200. The van der Waals surface area contributed by atoms with Crippen LogP contribution in [0.15, 0.2) is 30.3 Å². The van der Waals surface area contributed by atoms with Gasteiger partial charge in [0.25, 0.3) is 0 Å². The molecule has 0 unspecified atom stereocenters. The Balaban J connectivity index is 1.54. The summed E-state index contributed by atoms with van der Waals surface area (Å²) in [4.78, 5) is 15.0. The summed E-state index contributed by atoms with van der Waals surface area (Å²) >= 11 is 0. The number of benzene rings is 1. The van der Waals surface area contributed by atoms with Crippen molar-refractivity contribution in [3.05, 3.63) is 41.7 Å². The van der Waals surface area contributed by atoms with E-state index in [0.29, 0.717) is 12.0 Å². The van der Waals surface area contributed by atoms with Crippen LogP contribution in [-0.4, -0.2) is 46.5 Å². The average Bonchev–Trinajstić information content (AvgIpc) is 3.22. The zero-order valence-corrected chi connectivity index (χ0v) is 15.4. The molecule has 0 radical (unpaired) electrons. The van der Waals surface area contributed by atoms with Crippen LogP contribution in [0.5, 0.6) is 0 Å². The maximum Gasteiger partial charge on any atom is 0.322 e. The largest absolute Gasteiger partial charge is 0.381 e. The molecule has 2 aromatic rings. The van der Waals surface area contributed by atoms with E-state index in [9.17, 15) is 4.79 Å². The van der Waals surface area contributed by atoms with Crippen molar-refractivity contribution in [2.24, 2.45) is 5.92 Å². The number of aryl methyl sites for hydroxylation is 2. The van der Waals surface area contributed by atoms with Gasteiger partial charge in [-0.1, -0.05) is 12.1 Å². The van der Waals surface area contributed by atoms with Gasteiger partial charge in [-0.05, 0) is 51.3 Å². The Bertz CT molecular complexity index is 791. The number of hydrogen-bond donors (Lipinski definition) is 1. The number of amides is 2. The molecular formula is C20H26N4O2. The van der Waals surface area contributed by atoms with Crippen LogP contribution in [0, 0.1) is 19.8 Å². The molecule has 1 aromatic carbocycles. The minimum Gasteiger partial charge on any atom is -0.381 e. The van der Waals surface area contributed by atoms with Gasteiger partial charge in [-0.15, -0.1) is 0 Å². The standard InChI is InChI=1S/C20H26N4O2/c1-14-11-15(2)24(22-14)19-6-4-3-5-18(19)21-20(25)23(17-7-8-17)12-16-9-10-26-13-16/h3-6,11,16-17H,7-10,12-13H2,1-2H3,(H,21,25)/t16-/m1/s1. The molecule has 1 saturated heterocycles. The first-order valence-electron chi connectivity index (χ1n) is 9.40. The number of urea groups is 1. The van der Waals surface area contributed by atoms with E-state index >= 15 is 0 Å². The van der Waals surface area contributed by atoms with Crippen molar-refractivity contribution in [1.82, 2.24) is 14.7 Å². The van der Waals surface area contributed by atoms with Gasteiger partial charge in [-0.2, -0.15) is 5.10 Å². The summed E-state index contributed by atoms with van der Waals surface area (Å²) < 4.78 is 7.36. The second kappa shape index (κ2) is 7.11. The Labute approximate surface area is 154 Å². The number of aromatic nitrogens is 2. The maximum absolute atomic E-state index is 13.0. The second-order valence-corrected chi connectivity index (χ2v) is 7.40. The number of hydrogen-bond acceptors (Lipinski definition) is 3. The van der Waals surface area contributed by atoms with Crippen LogP contribution in [0.3, 0.4) is 0 Å². The smallest absolute Gasteiger partial charge is 0.322 e. The van der Waals surface area contributed by atoms with Crippen molar-refractivity contribution in [2.45, 2.75) is 39.2 Å². The number of ether oxygens (including phenoxy) is 1. The molecule has 2 heterocycles. The fraction of sp³-hybridized carbons (Fsp3) is 0.500. The molecule has 138 valence electrons. The van der Waals surface area contributed by atoms with E-state index in [1.165, 1.54) is 0 Å². The topological polar surface area (TPSA) is 59.4 Å². The first kappa shape index (κ1) is 17.1. The number of para-hydroxylation sites is 2. The van der Waals surface area contributed by atoms with Crippen molar-refractivity contribution < 1.29 is 9.53 Å². The highest BCUT2D eigenvalue weighted by Gasteiger charge is 2.35. The Hall–Kier alpha value is -2.34. The Morgan fingerprint density at radius 2 is 2.12 bits per heavy atom. The minimum absolute atomic E-state index is 0.0200. The second-order valence-electron chi connectivity index (χ2n) is 7.40. The number of anilines is 1. The van der Waals surface area contributed by atoms with Crippen LogP contribution in [0.1, 0.15) is 30.7 Å². The molecule has 2 aliphatic rings. The lowest BCUT2D eigenvalue weighted by Gasteiger charge is -2.26. The molecule has 2 fully saturated rings. The van der Waals surface area contributed by atoms with E-state index in [1.54, 1.807) is 0 Å². The van der Waals surface area contributed by atoms with E-state index in [0.717, 1.165) is 61.8 Å². The molecule has 1 aliphatic carbocycles. The summed E-state index contributed by atoms with van der Waals surface area (Å²) in [6, 6.07) is 10.2. The van der Waals surface area contributed by atoms with E-state index in [2.05, 4.69) is 10.4 Å². The van der Waals surface area contributed by atoms with Crippen molar-refractivity contribution in [3.8, 4) is 5.69 Å². The molecule has 0 bridgehead atoms. The van der Waals surface area contributed by atoms with Gasteiger partial charge >= 0.3 is 6.03 Å². The third-order valence-corrected chi connectivity index (χ3v) is 5.11. The lowest BCUT2D eigenvalue weighted by Crippen LogP contribution is -2.40. The molecule has 2 amide bonds. The van der Waals surface area contributed by atoms with Crippen LogP contribution >= 0.6 is 0 Å². The fourth-order valence-electron chi connectivity index (χ4n) is 3.61. The van der Waals surface area contributed by atoms with Gasteiger partial charge in [0, 0.05) is 30.8 Å². The van der Waals surface area contributed by atoms with Gasteiger partial charge in [0.1, 0.15) is 0 Å². The highest BCUT2D eigenvalue weighted by molar-refractivity contribution is 5.92. The van der Waals surface area contributed by atoms with Gasteiger partial charge in [0.05, 0.1) is 23.7 Å². The molecule has 0 spiro atoms. The number of carbonyl (C=O) groups is 1. The van der Waals surface area contributed by atoms with Crippen LogP contribution in [0.2, 0.25) is 0 Å². The molecule has 26 heavy (non-hydrogen) atoms. The maximum atomic E-state index is 13.0. The van der Waals surface area contributed by atoms with Crippen molar-refractivity contribution in [2.75, 3.05) is 25.1 Å². The summed E-state index contributed by atoms with van der Waals surface area (Å²) in [7, 11) is 0. The molecule has 4 rings (SSSR count). The molecule has 1 aliphatic heterocycles. The van der Waals surface area contributed by atoms with Crippen LogP contribution in [0.4, 0.5) is 10.5 Å². The van der Waals surface area contributed by atoms with E-state index in [-0.39, 0.29) is 6.03 Å². The Morgan fingerprint density at radius 1 is 1.31 bits per heavy atom. The monoisotopic (exact) mass is 354 g/mol. The van der Waals surface area contributed by atoms with Crippen LogP contribution in [-0.2, 0) is 4.74 Å². The van der Waals surface area contributed by atoms with E-state index in [1.807, 2.05) is 53.8 Å². The molecule has 1 aromatic heterocycles. The van der Waals surface area contributed by atoms with Crippen molar-refractivity contribution >= 4 is 11.7 Å². The lowest BCUT2D eigenvalue weighted by molar-refractivity contribution is 0.167. The number of nitrogens with one attached hydrogen (secondary N) is 1. The van der Waals surface area contributed by atoms with Crippen LogP contribution in [0.25, 0.3) is 5.69 Å². The quantitative estimate of drug-likeness (QED) is 0.894. The summed E-state index contributed by atoms with van der Waals surface area (Å²) in [5.74, 6) is 0.451. The average molecular weight is 354 g/mol. The van der Waals surface area contributed by atoms with Crippen LogP contribution < -0.4 is 5.32 Å². The molecule has 1 atom stereocenters. The predicted molar refractivity (Wildman–Crippen MR) is 101 cm³/mol. The fourth-order valence-corrected chi connectivity index (χ4v) is 3.61. The summed E-state index contributed by atoms with van der Waals surface area (Å²) in [5.41, 5.74) is 3.69. The van der Waals surface area contributed by atoms with Gasteiger partial charge in [-0.3, -0.25) is 0 Å². The van der Waals surface area contributed by atoms with Crippen molar-refractivity contribution in [1.29, 1.82) is 0 Å². The molecular weight excluding hydrogens is 328 g/mol. The molecule has 1 N–H and O–H groups in total. The number of nitrogens with zero attached hydrogens (tertiary/aromatic N) is 3. The highest BCUT2D eigenvalue weighted by Crippen LogP contribution is 2.30. The molecule has 6 nitrogen and oxygen atoms in total. The lowest BCUT2D eigenvalue weighted by atomic mass is 10.1. The zero-order chi connectivity index (χ0) is 18.1. The first-order valence-corrected chi connectivity index (χ1v) is 9.40. The van der Waals surface area contributed by atoms with Gasteiger partial charge in [0.2, 0.25) is 0 Å². The summed E-state index contributed by atoms with van der Waals surface area (Å²) in [6.45, 7) is 6.35. The van der Waals surface area contributed by atoms with Gasteiger partial charge in [-0.25, -0.2) is 9.48 Å². The summed E-state index contributed by atoms with van der Waals surface area (Å²) in [6.07, 6.45) is 3.24. The highest BCUT2D eigenvalue weighted by atomic mass is 16.5. The van der Waals surface area contributed by atoms with Crippen molar-refractivity contribution in [3.63, 3.8) is 0 Å². The zero-order valence-electron chi connectivity index (χ0n) is 15.4. The third-order valence-electron chi connectivity index (χ3n) is 5.11. The van der Waals surface area contributed by atoms with Gasteiger partial charge < -0.3 is 15.0 Å². The van der Waals surface area contributed by atoms with E-state index < -0.39 is 0 Å². The predicted octanol–water partition coefficient (Wildman–Crippen LogP) is 3.52. The molecule has 1 saturated carbocycles. The number of rotatable bonds is 5. The first-order chi connectivity index (χ1) is 12.6.